The molecule has 0 saturated heterocycles. The Morgan fingerprint density at radius 3 is 2.60 bits per heavy atom. The van der Waals surface area contributed by atoms with Crippen LogP contribution in [-0.4, -0.2) is 39.6 Å². The molecule has 0 fully saturated rings. The summed E-state index contributed by atoms with van der Waals surface area (Å²) in [5.74, 6) is -0.603. The number of hydrogen-bond acceptors (Lipinski definition) is 6. The van der Waals surface area contributed by atoms with Gasteiger partial charge in [0, 0.05) is 6.26 Å². The van der Waals surface area contributed by atoms with Crippen molar-refractivity contribution in [3.05, 3.63) is 22.7 Å². The number of carbonyl (C=O) groups is 1. The molecule has 0 aliphatic carbocycles. The Bertz CT molecular complexity index is 600. The average molecular weight is 322 g/mol. The predicted octanol–water partition coefficient (Wildman–Crippen LogP) is 1.52. The van der Waals surface area contributed by atoms with Gasteiger partial charge < -0.3 is 15.2 Å². The summed E-state index contributed by atoms with van der Waals surface area (Å²) in [5, 5.41) is 0.149. The highest BCUT2D eigenvalue weighted by Gasteiger charge is 2.19. The van der Waals surface area contributed by atoms with E-state index in [0.717, 1.165) is 6.26 Å². The quantitative estimate of drug-likeness (QED) is 0.630. The molecule has 112 valence electrons. The van der Waals surface area contributed by atoms with Gasteiger partial charge in [-0.1, -0.05) is 11.6 Å². The molecule has 0 heterocycles. The van der Waals surface area contributed by atoms with E-state index in [1.807, 2.05) is 0 Å². The minimum atomic E-state index is -3.13. The average Bonchev–Trinajstić information content (AvgIpc) is 2.31. The van der Waals surface area contributed by atoms with Crippen molar-refractivity contribution in [2.75, 3.05) is 31.0 Å². The van der Waals surface area contributed by atoms with Crippen molar-refractivity contribution >= 4 is 33.1 Å². The van der Waals surface area contributed by atoms with Gasteiger partial charge in [0.1, 0.15) is 17.9 Å². The van der Waals surface area contributed by atoms with Crippen LogP contribution in [0.2, 0.25) is 5.02 Å². The van der Waals surface area contributed by atoms with Crippen molar-refractivity contribution in [3.63, 3.8) is 0 Å². The number of carbonyl (C=O) groups excluding carboxylic acids is 1. The Balaban J connectivity index is 2.94. The molecule has 20 heavy (non-hydrogen) atoms. The zero-order chi connectivity index (χ0) is 15.3. The Morgan fingerprint density at radius 2 is 2.05 bits per heavy atom. The van der Waals surface area contributed by atoms with Crippen LogP contribution in [0.15, 0.2) is 12.1 Å². The molecule has 2 N–H and O–H groups in total. The number of esters is 1. The topological polar surface area (TPSA) is 95.7 Å². The molecule has 0 radical (unpaired) electrons. The van der Waals surface area contributed by atoms with Crippen LogP contribution in [0.3, 0.4) is 0 Å². The van der Waals surface area contributed by atoms with Crippen LogP contribution in [0.5, 0.6) is 5.75 Å². The smallest absolute Gasteiger partial charge is 0.341 e. The number of rotatable bonds is 6. The van der Waals surface area contributed by atoms with E-state index in [4.69, 9.17) is 26.8 Å². The summed E-state index contributed by atoms with van der Waals surface area (Å²) in [7, 11) is -3.13. The van der Waals surface area contributed by atoms with Crippen LogP contribution < -0.4 is 10.5 Å². The molecule has 0 unspecified atom stereocenters. The summed E-state index contributed by atoms with van der Waals surface area (Å²) in [6.07, 6.45) is 1.10. The Hall–Kier alpha value is -1.47. The lowest BCUT2D eigenvalue weighted by Crippen LogP contribution is -2.14. The second kappa shape index (κ2) is 6.81. The molecule has 0 aliphatic heterocycles. The van der Waals surface area contributed by atoms with E-state index in [-0.39, 0.29) is 41.0 Å². The Morgan fingerprint density at radius 1 is 1.40 bits per heavy atom. The highest BCUT2D eigenvalue weighted by atomic mass is 35.5. The number of nitrogen functional groups attached to an aromatic ring is 1. The lowest BCUT2D eigenvalue weighted by molar-refractivity contribution is 0.0527. The maximum atomic E-state index is 11.7. The van der Waals surface area contributed by atoms with E-state index in [2.05, 4.69) is 0 Å². The molecule has 0 bridgehead atoms. The first kappa shape index (κ1) is 16.6. The molecular formula is C12H16ClNO5S. The van der Waals surface area contributed by atoms with Gasteiger partial charge in [-0.3, -0.25) is 0 Å². The zero-order valence-corrected chi connectivity index (χ0v) is 12.8. The summed E-state index contributed by atoms with van der Waals surface area (Å²) < 4.78 is 32.1. The molecular weight excluding hydrogens is 306 g/mol. The number of nitrogens with two attached hydrogens (primary N) is 1. The van der Waals surface area contributed by atoms with Gasteiger partial charge in [-0.2, -0.15) is 0 Å². The number of anilines is 1. The molecule has 0 atom stereocenters. The van der Waals surface area contributed by atoms with Crippen molar-refractivity contribution in [2.24, 2.45) is 0 Å². The lowest BCUT2D eigenvalue weighted by atomic mass is 10.1. The lowest BCUT2D eigenvalue weighted by Gasteiger charge is -2.13. The van der Waals surface area contributed by atoms with Gasteiger partial charge in [0.05, 0.1) is 23.1 Å². The molecule has 6 nitrogen and oxygen atoms in total. The van der Waals surface area contributed by atoms with Crippen molar-refractivity contribution in [1.82, 2.24) is 0 Å². The SMILES string of the molecule is CCOC(=O)c1c(Cl)ccc(OCCS(C)(=O)=O)c1N. The van der Waals surface area contributed by atoms with Gasteiger partial charge in [-0.05, 0) is 19.1 Å². The van der Waals surface area contributed by atoms with Crippen LogP contribution in [0.1, 0.15) is 17.3 Å². The molecule has 1 aromatic carbocycles. The van der Waals surface area contributed by atoms with E-state index < -0.39 is 15.8 Å². The maximum absolute atomic E-state index is 11.7. The highest BCUT2D eigenvalue weighted by molar-refractivity contribution is 7.90. The third-order valence-electron chi connectivity index (χ3n) is 2.35. The summed E-state index contributed by atoms with van der Waals surface area (Å²) in [4.78, 5) is 11.7. The number of ether oxygens (including phenoxy) is 2. The van der Waals surface area contributed by atoms with Crippen LogP contribution in [0.25, 0.3) is 0 Å². The van der Waals surface area contributed by atoms with Crippen molar-refractivity contribution < 1.29 is 22.7 Å². The number of benzene rings is 1. The van der Waals surface area contributed by atoms with Crippen LogP contribution >= 0.6 is 11.6 Å². The fourth-order valence-electron chi connectivity index (χ4n) is 1.41. The molecule has 0 amide bonds. The molecule has 0 spiro atoms. The van der Waals surface area contributed by atoms with Gasteiger partial charge in [0.25, 0.3) is 0 Å². The van der Waals surface area contributed by atoms with Crippen LogP contribution in [0, 0.1) is 0 Å². The van der Waals surface area contributed by atoms with Gasteiger partial charge in [-0.25, -0.2) is 13.2 Å². The van der Waals surface area contributed by atoms with E-state index in [1.54, 1.807) is 6.92 Å². The van der Waals surface area contributed by atoms with E-state index in [9.17, 15) is 13.2 Å². The monoisotopic (exact) mass is 321 g/mol. The number of hydrogen-bond donors (Lipinski definition) is 1. The normalized spacial score (nSPS) is 11.2. The molecule has 1 rings (SSSR count). The van der Waals surface area contributed by atoms with Crippen LogP contribution in [-0.2, 0) is 14.6 Å². The van der Waals surface area contributed by atoms with Gasteiger partial charge in [0.2, 0.25) is 0 Å². The van der Waals surface area contributed by atoms with Crippen LogP contribution in [0.4, 0.5) is 5.69 Å². The second-order valence-corrected chi connectivity index (χ2v) is 6.70. The number of halogens is 1. The fraction of sp³-hybridized carbons (Fsp3) is 0.417. The molecule has 0 aliphatic rings. The first-order valence-corrected chi connectivity index (χ1v) is 8.25. The Kier molecular flexibility index (Phi) is 5.64. The van der Waals surface area contributed by atoms with E-state index in [1.165, 1.54) is 12.1 Å². The fourth-order valence-corrected chi connectivity index (χ4v) is 2.04. The highest BCUT2D eigenvalue weighted by Crippen LogP contribution is 2.31. The minimum Gasteiger partial charge on any atom is -0.490 e. The third kappa shape index (κ3) is 4.57. The first-order chi connectivity index (χ1) is 9.26. The van der Waals surface area contributed by atoms with Gasteiger partial charge in [-0.15, -0.1) is 0 Å². The largest absolute Gasteiger partial charge is 0.490 e. The summed E-state index contributed by atoms with van der Waals surface area (Å²) in [6, 6.07) is 2.92. The van der Waals surface area contributed by atoms with E-state index in [0.29, 0.717) is 0 Å². The summed E-state index contributed by atoms with van der Waals surface area (Å²) in [6.45, 7) is 1.79. The zero-order valence-electron chi connectivity index (χ0n) is 11.2. The molecule has 0 saturated carbocycles. The first-order valence-electron chi connectivity index (χ1n) is 5.82. The second-order valence-electron chi connectivity index (χ2n) is 4.03. The summed E-state index contributed by atoms with van der Waals surface area (Å²) >= 11 is 5.91. The van der Waals surface area contributed by atoms with Crippen molar-refractivity contribution in [1.29, 1.82) is 0 Å². The molecule has 0 aromatic heterocycles. The standard InChI is InChI=1S/C12H16ClNO5S/c1-3-18-12(15)10-8(13)4-5-9(11(10)14)19-6-7-20(2,16)17/h4-5H,3,6-7,14H2,1-2H3. The van der Waals surface area contributed by atoms with Gasteiger partial charge in [0.15, 0.2) is 9.84 Å². The molecule has 8 heteroatoms. The van der Waals surface area contributed by atoms with E-state index >= 15 is 0 Å². The molecule has 1 aromatic rings. The number of sulfone groups is 1. The van der Waals surface area contributed by atoms with Crippen molar-refractivity contribution in [3.8, 4) is 5.75 Å². The Labute approximate surface area is 122 Å². The minimum absolute atomic E-state index is 0.0189. The third-order valence-corrected chi connectivity index (χ3v) is 3.57. The van der Waals surface area contributed by atoms with Crippen molar-refractivity contribution in [2.45, 2.75) is 6.92 Å². The summed E-state index contributed by atoms with van der Waals surface area (Å²) in [5.41, 5.74) is 5.86. The predicted molar refractivity (Wildman–Crippen MR) is 77.0 cm³/mol. The maximum Gasteiger partial charge on any atom is 0.341 e. The van der Waals surface area contributed by atoms with Gasteiger partial charge >= 0.3 is 5.97 Å².